The van der Waals surface area contributed by atoms with Crippen molar-refractivity contribution in [2.45, 2.75) is 73.1 Å². The van der Waals surface area contributed by atoms with Gasteiger partial charge < -0.3 is 9.73 Å². The van der Waals surface area contributed by atoms with Crippen LogP contribution in [0.25, 0.3) is 0 Å². The third kappa shape index (κ3) is 5.29. The summed E-state index contributed by atoms with van der Waals surface area (Å²) in [6, 6.07) is 2.57. The van der Waals surface area contributed by atoms with Crippen LogP contribution >= 0.6 is 0 Å². The fourth-order valence-corrected chi connectivity index (χ4v) is 2.05. The van der Waals surface area contributed by atoms with Crippen molar-refractivity contribution >= 4 is 0 Å². The summed E-state index contributed by atoms with van der Waals surface area (Å²) in [6.07, 6.45) is 1.80. The van der Waals surface area contributed by atoms with E-state index in [1.165, 1.54) is 5.56 Å². The molecule has 3 nitrogen and oxygen atoms in total. The highest BCUT2D eigenvalue weighted by molar-refractivity contribution is 5.17. The fraction of sp³-hybridized carbons (Fsp3) is 0.765. The Kier molecular flexibility index (Phi) is 5.45. The quantitative estimate of drug-likeness (QED) is 0.882. The Morgan fingerprint density at radius 2 is 1.80 bits per heavy atom. The first kappa shape index (κ1) is 17.3. The average Bonchev–Trinajstić information content (AvgIpc) is 2.70. The maximum Gasteiger partial charge on any atom is 0.122 e. The van der Waals surface area contributed by atoms with E-state index in [0.717, 1.165) is 18.8 Å². The SMILES string of the molecule is CC(N(C)Cc1occc1CNC(C)(C)C)C(C)(C)C. The summed E-state index contributed by atoms with van der Waals surface area (Å²) in [5.41, 5.74) is 1.65. The van der Waals surface area contributed by atoms with Crippen LogP contribution in [0.1, 0.15) is 59.8 Å². The van der Waals surface area contributed by atoms with E-state index in [-0.39, 0.29) is 11.0 Å². The van der Waals surface area contributed by atoms with Gasteiger partial charge in [0.05, 0.1) is 12.8 Å². The van der Waals surface area contributed by atoms with E-state index in [9.17, 15) is 0 Å². The zero-order valence-electron chi connectivity index (χ0n) is 14.5. The zero-order valence-corrected chi connectivity index (χ0v) is 14.5. The van der Waals surface area contributed by atoms with E-state index in [1.54, 1.807) is 6.26 Å². The zero-order chi connectivity index (χ0) is 15.6. The van der Waals surface area contributed by atoms with Crippen molar-refractivity contribution < 1.29 is 4.42 Å². The molecule has 1 aromatic rings. The fourth-order valence-electron chi connectivity index (χ4n) is 2.05. The Morgan fingerprint density at radius 3 is 2.30 bits per heavy atom. The van der Waals surface area contributed by atoms with Crippen molar-refractivity contribution in [3.63, 3.8) is 0 Å². The molecule has 1 rings (SSSR count). The first-order chi connectivity index (χ1) is 9.00. The topological polar surface area (TPSA) is 28.4 Å². The third-order valence-electron chi connectivity index (χ3n) is 3.95. The second-order valence-electron chi connectivity index (χ2n) is 7.93. The van der Waals surface area contributed by atoms with E-state index in [2.05, 4.69) is 71.8 Å². The number of rotatable bonds is 5. The summed E-state index contributed by atoms with van der Waals surface area (Å²) in [5, 5.41) is 3.52. The molecule has 1 unspecified atom stereocenters. The van der Waals surface area contributed by atoms with Crippen molar-refractivity contribution in [3.8, 4) is 0 Å². The lowest BCUT2D eigenvalue weighted by atomic mass is 9.87. The minimum atomic E-state index is 0.124. The van der Waals surface area contributed by atoms with Gasteiger partial charge in [-0.15, -0.1) is 0 Å². The minimum absolute atomic E-state index is 0.124. The molecule has 1 N–H and O–H groups in total. The minimum Gasteiger partial charge on any atom is -0.468 e. The number of nitrogens with zero attached hydrogens (tertiary/aromatic N) is 1. The van der Waals surface area contributed by atoms with E-state index < -0.39 is 0 Å². The highest BCUT2D eigenvalue weighted by atomic mass is 16.3. The van der Waals surface area contributed by atoms with Crippen LogP contribution in [-0.2, 0) is 13.1 Å². The molecule has 0 spiro atoms. The van der Waals surface area contributed by atoms with Crippen molar-refractivity contribution in [2.24, 2.45) is 5.41 Å². The van der Waals surface area contributed by atoms with Gasteiger partial charge in [-0.3, -0.25) is 4.90 Å². The van der Waals surface area contributed by atoms with Gasteiger partial charge >= 0.3 is 0 Å². The molecule has 3 heteroatoms. The Morgan fingerprint density at radius 1 is 1.20 bits per heavy atom. The highest BCUT2D eigenvalue weighted by Crippen LogP contribution is 2.25. The molecule has 0 aliphatic carbocycles. The molecule has 0 aliphatic heterocycles. The van der Waals surface area contributed by atoms with Gasteiger partial charge in [0.1, 0.15) is 5.76 Å². The Labute approximate surface area is 124 Å². The Hall–Kier alpha value is -0.800. The van der Waals surface area contributed by atoms with Crippen molar-refractivity contribution in [2.75, 3.05) is 7.05 Å². The molecule has 0 aromatic carbocycles. The Bertz CT molecular complexity index is 409. The van der Waals surface area contributed by atoms with Gasteiger partial charge in [-0.05, 0) is 46.2 Å². The van der Waals surface area contributed by atoms with E-state index in [0.29, 0.717) is 6.04 Å². The molecule has 0 fully saturated rings. The third-order valence-corrected chi connectivity index (χ3v) is 3.95. The average molecular weight is 280 g/mol. The van der Waals surface area contributed by atoms with Crippen LogP contribution in [0.4, 0.5) is 0 Å². The molecule has 0 aliphatic rings. The van der Waals surface area contributed by atoms with Crippen molar-refractivity contribution in [1.29, 1.82) is 0 Å². The van der Waals surface area contributed by atoms with Crippen LogP contribution in [0.2, 0.25) is 0 Å². The van der Waals surface area contributed by atoms with Gasteiger partial charge in [0, 0.05) is 23.7 Å². The lowest BCUT2D eigenvalue weighted by molar-refractivity contribution is 0.126. The first-order valence-corrected chi connectivity index (χ1v) is 7.51. The van der Waals surface area contributed by atoms with Crippen LogP contribution in [0.5, 0.6) is 0 Å². The molecular formula is C17H32N2O. The maximum atomic E-state index is 5.68. The second-order valence-corrected chi connectivity index (χ2v) is 7.93. The van der Waals surface area contributed by atoms with Crippen LogP contribution in [0.15, 0.2) is 16.7 Å². The monoisotopic (exact) mass is 280 g/mol. The predicted molar refractivity (Wildman–Crippen MR) is 85.7 cm³/mol. The molecular weight excluding hydrogens is 248 g/mol. The summed E-state index contributed by atoms with van der Waals surface area (Å²) in [5.74, 6) is 1.07. The summed E-state index contributed by atoms with van der Waals surface area (Å²) in [7, 11) is 2.17. The lowest BCUT2D eigenvalue weighted by Crippen LogP contribution is -2.39. The smallest absolute Gasteiger partial charge is 0.122 e. The molecule has 0 bridgehead atoms. The van der Waals surface area contributed by atoms with E-state index in [1.807, 2.05) is 0 Å². The molecule has 20 heavy (non-hydrogen) atoms. The van der Waals surface area contributed by atoms with Gasteiger partial charge in [-0.1, -0.05) is 20.8 Å². The van der Waals surface area contributed by atoms with Crippen molar-refractivity contribution in [1.82, 2.24) is 10.2 Å². The van der Waals surface area contributed by atoms with Crippen LogP contribution in [-0.4, -0.2) is 23.5 Å². The van der Waals surface area contributed by atoms with E-state index in [4.69, 9.17) is 4.42 Å². The standard InChI is InChI=1S/C17H32N2O/c1-13(16(2,3)4)19(8)12-15-14(9-10-20-15)11-18-17(5,6)7/h9-10,13,18H,11-12H2,1-8H3. The summed E-state index contributed by atoms with van der Waals surface area (Å²) in [6.45, 7) is 17.4. The summed E-state index contributed by atoms with van der Waals surface area (Å²) >= 11 is 0. The summed E-state index contributed by atoms with van der Waals surface area (Å²) < 4.78 is 5.68. The molecule has 1 atom stereocenters. The Balaban J connectivity index is 2.67. The van der Waals surface area contributed by atoms with E-state index >= 15 is 0 Å². The molecule has 116 valence electrons. The lowest BCUT2D eigenvalue weighted by Gasteiger charge is -2.35. The van der Waals surface area contributed by atoms with Crippen LogP contribution < -0.4 is 5.32 Å². The maximum absolute atomic E-state index is 5.68. The largest absolute Gasteiger partial charge is 0.468 e. The summed E-state index contributed by atoms with van der Waals surface area (Å²) in [4.78, 5) is 2.36. The van der Waals surface area contributed by atoms with Gasteiger partial charge in [0.2, 0.25) is 0 Å². The van der Waals surface area contributed by atoms with Gasteiger partial charge in [-0.25, -0.2) is 0 Å². The van der Waals surface area contributed by atoms with Gasteiger partial charge in [0.25, 0.3) is 0 Å². The van der Waals surface area contributed by atoms with Gasteiger partial charge in [-0.2, -0.15) is 0 Å². The molecule has 1 heterocycles. The number of hydrogen-bond acceptors (Lipinski definition) is 3. The first-order valence-electron chi connectivity index (χ1n) is 7.51. The van der Waals surface area contributed by atoms with Crippen LogP contribution in [0.3, 0.4) is 0 Å². The highest BCUT2D eigenvalue weighted by Gasteiger charge is 2.25. The number of furan rings is 1. The number of nitrogens with one attached hydrogen (secondary N) is 1. The predicted octanol–water partition coefficient (Wildman–Crippen LogP) is 4.03. The molecule has 1 aromatic heterocycles. The molecule has 0 amide bonds. The second kappa shape index (κ2) is 6.31. The normalized spacial score (nSPS) is 14.8. The molecule has 0 saturated heterocycles. The van der Waals surface area contributed by atoms with Gasteiger partial charge in [0.15, 0.2) is 0 Å². The number of hydrogen-bond donors (Lipinski definition) is 1. The molecule has 0 saturated carbocycles. The molecule has 0 radical (unpaired) electrons. The van der Waals surface area contributed by atoms with Crippen molar-refractivity contribution in [3.05, 3.63) is 23.7 Å². The van der Waals surface area contributed by atoms with Crippen LogP contribution in [0, 0.1) is 5.41 Å².